The first-order valence-corrected chi connectivity index (χ1v) is 10.2. The van der Waals surface area contributed by atoms with Gasteiger partial charge in [-0.15, -0.1) is 0 Å². The maximum absolute atomic E-state index is 12.9. The number of amides is 2. The molecule has 1 fully saturated rings. The van der Waals surface area contributed by atoms with Crippen LogP contribution in [0.5, 0.6) is 0 Å². The number of ether oxygens (including phenoxy) is 1. The van der Waals surface area contributed by atoms with E-state index < -0.39 is 25.4 Å². The Balaban J connectivity index is 2.81. The first-order chi connectivity index (χ1) is 11.5. The van der Waals surface area contributed by atoms with Gasteiger partial charge in [0.2, 0.25) is 5.78 Å². The van der Waals surface area contributed by atoms with Crippen LogP contribution in [-0.4, -0.2) is 43.6 Å². The highest BCUT2D eigenvalue weighted by Crippen LogP contribution is 2.52. The molecule has 0 heterocycles. The SMILES string of the molecule is CCOC(=O)[C@@H](NC(=O)NC1CCCCC1)P(=O)(OCC)OCC. The molecule has 140 valence electrons. The second-order valence-electron chi connectivity index (χ2n) is 5.48. The van der Waals surface area contributed by atoms with Gasteiger partial charge in [-0.25, -0.2) is 9.59 Å². The third-order valence-corrected chi connectivity index (χ3v) is 5.86. The highest BCUT2D eigenvalue weighted by atomic mass is 31.2. The summed E-state index contributed by atoms with van der Waals surface area (Å²) in [5, 5.41) is 5.23. The second-order valence-corrected chi connectivity index (χ2v) is 7.60. The summed E-state index contributed by atoms with van der Waals surface area (Å²) >= 11 is 0. The van der Waals surface area contributed by atoms with Crippen molar-refractivity contribution >= 4 is 19.6 Å². The van der Waals surface area contributed by atoms with Gasteiger partial charge < -0.3 is 24.4 Å². The molecule has 2 amide bonds. The average molecular weight is 364 g/mol. The third kappa shape index (κ3) is 6.42. The summed E-state index contributed by atoms with van der Waals surface area (Å²) in [5.41, 5.74) is 0. The number of rotatable bonds is 9. The van der Waals surface area contributed by atoms with E-state index in [0.717, 1.165) is 32.1 Å². The van der Waals surface area contributed by atoms with Crippen LogP contribution in [0.15, 0.2) is 0 Å². The Hall–Kier alpha value is -1.11. The van der Waals surface area contributed by atoms with E-state index in [1.807, 2.05) is 0 Å². The van der Waals surface area contributed by atoms with Gasteiger partial charge in [-0.1, -0.05) is 19.3 Å². The molecule has 1 aliphatic rings. The van der Waals surface area contributed by atoms with Crippen molar-refractivity contribution in [2.45, 2.75) is 64.7 Å². The van der Waals surface area contributed by atoms with Gasteiger partial charge in [-0.3, -0.25) is 4.57 Å². The number of nitrogens with one attached hydrogen (secondary N) is 2. The van der Waals surface area contributed by atoms with Crippen LogP contribution in [0.1, 0.15) is 52.9 Å². The molecule has 0 aliphatic heterocycles. The zero-order valence-corrected chi connectivity index (χ0v) is 15.6. The normalized spacial score (nSPS) is 17.1. The van der Waals surface area contributed by atoms with Crippen molar-refractivity contribution in [2.24, 2.45) is 0 Å². The minimum absolute atomic E-state index is 0.0557. The lowest BCUT2D eigenvalue weighted by atomic mass is 9.96. The van der Waals surface area contributed by atoms with Crippen LogP contribution < -0.4 is 10.6 Å². The molecule has 0 spiro atoms. The molecular formula is C15H29N2O6P. The van der Waals surface area contributed by atoms with Crippen LogP contribution in [0.2, 0.25) is 0 Å². The largest absolute Gasteiger partial charge is 0.464 e. The lowest BCUT2D eigenvalue weighted by molar-refractivity contribution is -0.143. The van der Waals surface area contributed by atoms with Crippen LogP contribution in [0, 0.1) is 0 Å². The van der Waals surface area contributed by atoms with Crippen LogP contribution in [0.3, 0.4) is 0 Å². The quantitative estimate of drug-likeness (QED) is 0.482. The zero-order chi connectivity index (χ0) is 18.0. The predicted molar refractivity (Wildman–Crippen MR) is 89.8 cm³/mol. The predicted octanol–water partition coefficient (Wildman–Crippen LogP) is 2.77. The molecule has 0 aromatic carbocycles. The van der Waals surface area contributed by atoms with Gasteiger partial charge in [-0.05, 0) is 33.6 Å². The Labute approximate surface area is 143 Å². The maximum Gasteiger partial charge on any atom is 0.364 e. The van der Waals surface area contributed by atoms with Crippen molar-refractivity contribution in [3.63, 3.8) is 0 Å². The third-order valence-electron chi connectivity index (χ3n) is 3.65. The first kappa shape index (κ1) is 20.9. The monoisotopic (exact) mass is 364 g/mol. The fraction of sp³-hybridized carbons (Fsp3) is 0.867. The lowest BCUT2D eigenvalue weighted by Gasteiger charge is -2.27. The van der Waals surface area contributed by atoms with Crippen molar-refractivity contribution in [3.8, 4) is 0 Å². The maximum atomic E-state index is 12.9. The summed E-state index contributed by atoms with van der Waals surface area (Å²) < 4.78 is 28.2. The number of hydrogen-bond donors (Lipinski definition) is 2. The van der Waals surface area contributed by atoms with Gasteiger partial charge >= 0.3 is 19.6 Å². The molecule has 24 heavy (non-hydrogen) atoms. The number of esters is 1. The van der Waals surface area contributed by atoms with Gasteiger partial charge in [0.05, 0.1) is 19.8 Å². The van der Waals surface area contributed by atoms with Crippen molar-refractivity contribution in [1.82, 2.24) is 10.6 Å². The van der Waals surface area contributed by atoms with Gasteiger partial charge in [0.25, 0.3) is 0 Å². The average Bonchev–Trinajstić information content (AvgIpc) is 2.54. The fourth-order valence-corrected chi connectivity index (χ4v) is 4.33. The summed E-state index contributed by atoms with van der Waals surface area (Å²) in [7, 11) is -3.87. The van der Waals surface area contributed by atoms with E-state index in [1.54, 1.807) is 20.8 Å². The van der Waals surface area contributed by atoms with Gasteiger partial charge in [-0.2, -0.15) is 0 Å². The fourth-order valence-electron chi connectivity index (χ4n) is 2.63. The Kier molecular flexibility index (Phi) is 9.33. The number of hydrogen-bond acceptors (Lipinski definition) is 6. The molecule has 8 nitrogen and oxygen atoms in total. The molecule has 0 radical (unpaired) electrons. The van der Waals surface area contributed by atoms with Crippen LogP contribution >= 0.6 is 7.60 Å². The molecule has 0 unspecified atom stereocenters. The summed E-state index contributed by atoms with van der Waals surface area (Å²) in [5.74, 6) is -2.32. The molecule has 1 atom stereocenters. The van der Waals surface area contributed by atoms with Crippen LogP contribution in [0.25, 0.3) is 0 Å². The van der Waals surface area contributed by atoms with Gasteiger partial charge in [0, 0.05) is 6.04 Å². The highest BCUT2D eigenvalue weighted by molar-refractivity contribution is 7.55. The summed E-state index contributed by atoms with van der Waals surface area (Å²) in [6.07, 6.45) is 5.07. The van der Waals surface area contributed by atoms with E-state index in [-0.39, 0.29) is 25.9 Å². The van der Waals surface area contributed by atoms with Gasteiger partial charge in [0.1, 0.15) is 0 Å². The minimum atomic E-state index is -3.87. The smallest absolute Gasteiger partial charge is 0.364 e. The van der Waals surface area contributed by atoms with Crippen LogP contribution in [-0.2, 0) is 23.1 Å². The minimum Gasteiger partial charge on any atom is -0.464 e. The van der Waals surface area contributed by atoms with E-state index in [2.05, 4.69) is 10.6 Å². The van der Waals surface area contributed by atoms with Gasteiger partial charge in [0.15, 0.2) is 0 Å². The van der Waals surface area contributed by atoms with Crippen molar-refractivity contribution in [2.75, 3.05) is 19.8 Å². The Bertz CT molecular complexity index is 443. The number of carbonyl (C=O) groups is 2. The Morgan fingerprint density at radius 1 is 1.04 bits per heavy atom. The standard InChI is InChI=1S/C15H29N2O6P/c1-4-21-14(18)13(24(20,22-5-2)23-6-3)17-15(19)16-12-10-8-7-9-11-12/h12-13H,4-11H2,1-3H3,(H2,16,17,19)/t13-/m0/s1. The van der Waals surface area contributed by atoms with E-state index in [1.165, 1.54) is 0 Å². The Morgan fingerprint density at radius 3 is 2.12 bits per heavy atom. The van der Waals surface area contributed by atoms with E-state index in [9.17, 15) is 14.2 Å². The molecule has 1 aliphatic carbocycles. The second kappa shape index (κ2) is 10.7. The summed E-state index contributed by atoms with van der Waals surface area (Å²) in [4.78, 5) is 24.4. The molecule has 0 saturated heterocycles. The molecule has 0 bridgehead atoms. The number of urea groups is 1. The topological polar surface area (TPSA) is 103 Å². The van der Waals surface area contributed by atoms with Crippen molar-refractivity contribution in [1.29, 1.82) is 0 Å². The number of carbonyl (C=O) groups excluding carboxylic acids is 2. The summed E-state index contributed by atoms with van der Waals surface area (Å²) in [6.45, 7) is 5.16. The van der Waals surface area contributed by atoms with Crippen molar-refractivity contribution in [3.05, 3.63) is 0 Å². The van der Waals surface area contributed by atoms with Crippen LogP contribution in [0.4, 0.5) is 4.79 Å². The molecule has 2 N–H and O–H groups in total. The van der Waals surface area contributed by atoms with E-state index in [4.69, 9.17) is 13.8 Å². The molecule has 1 rings (SSSR count). The Morgan fingerprint density at radius 2 is 1.62 bits per heavy atom. The summed E-state index contributed by atoms with van der Waals surface area (Å²) in [6, 6.07) is -0.514. The molecule has 1 saturated carbocycles. The zero-order valence-electron chi connectivity index (χ0n) is 14.7. The molecule has 9 heteroatoms. The molecule has 0 aromatic heterocycles. The first-order valence-electron chi connectivity index (χ1n) is 8.59. The van der Waals surface area contributed by atoms with E-state index in [0.29, 0.717) is 0 Å². The molecule has 0 aromatic rings. The van der Waals surface area contributed by atoms with E-state index >= 15 is 0 Å². The lowest BCUT2D eigenvalue weighted by Crippen LogP contribution is -2.50. The highest BCUT2D eigenvalue weighted by Gasteiger charge is 2.43. The molecular weight excluding hydrogens is 335 g/mol. The van der Waals surface area contributed by atoms with Crippen molar-refractivity contribution < 1.29 is 27.9 Å².